The molecule has 3 heteroatoms. The zero-order valence-corrected chi connectivity index (χ0v) is 9.78. The van der Waals surface area contributed by atoms with Crippen LogP contribution in [0.15, 0.2) is 16.7 Å². The zero-order chi connectivity index (χ0) is 11.2. The van der Waals surface area contributed by atoms with Crippen LogP contribution in [0.4, 0.5) is 0 Å². The van der Waals surface area contributed by atoms with Crippen molar-refractivity contribution in [3.63, 3.8) is 0 Å². The van der Waals surface area contributed by atoms with Gasteiger partial charge in [0.2, 0.25) is 0 Å². The number of hydrogen-bond acceptors (Lipinski definition) is 3. The summed E-state index contributed by atoms with van der Waals surface area (Å²) in [7, 11) is 0. The number of ether oxygens (including phenoxy) is 1. The third-order valence-corrected chi connectivity index (χ3v) is 3.21. The minimum Gasteiger partial charge on any atom is -0.467 e. The molecule has 2 N–H and O–H groups in total. The average molecular weight is 223 g/mol. The molecule has 1 fully saturated rings. The summed E-state index contributed by atoms with van der Waals surface area (Å²) >= 11 is 0. The van der Waals surface area contributed by atoms with Crippen LogP contribution < -0.4 is 5.73 Å². The van der Waals surface area contributed by atoms with Crippen molar-refractivity contribution in [3.05, 3.63) is 23.7 Å². The third kappa shape index (κ3) is 3.35. The second-order valence-electron chi connectivity index (χ2n) is 4.55. The van der Waals surface area contributed by atoms with Crippen LogP contribution in [0.3, 0.4) is 0 Å². The van der Waals surface area contributed by atoms with E-state index in [0.29, 0.717) is 19.3 Å². The van der Waals surface area contributed by atoms with Gasteiger partial charge in [0.1, 0.15) is 12.4 Å². The lowest BCUT2D eigenvalue weighted by atomic mass is 10.1. The molecule has 1 saturated carbocycles. The smallest absolute Gasteiger partial charge is 0.129 e. The Hall–Kier alpha value is -0.800. The van der Waals surface area contributed by atoms with Crippen LogP contribution in [-0.2, 0) is 17.9 Å². The first-order valence-corrected chi connectivity index (χ1v) is 6.26. The molecule has 1 aliphatic carbocycles. The van der Waals surface area contributed by atoms with Gasteiger partial charge >= 0.3 is 0 Å². The van der Waals surface area contributed by atoms with Crippen LogP contribution >= 0.6 is 0 Å². The maximum Gasteiger partial charge on any atom is 0.129 e. The van der Waals surface area contributed by atoms with Gasteiger partial charge in [0.05, 0.1) is 12.4 Å². The van der Waals surface area contributed by atoms with Crippen LogP contribution in [0.2, 0.25) is 0 Å². The summed E-state index contributed by atoms with van der Waals surface area (Å²) in [4.78, 5) is 0. The lowest BCUT2D eigenvalue weighted by Gasteiger charge is -2.13. The molecule has 0 unspecified atom stereocenters. The van der Waals surface area contributed by atoms with E-state index in [-0.39, 0.29) is 0 Å². The van der Waals surface area contributed by atoms with Gasteiger partial charge in [-0.05, 0) is 18.9 Å². The number of furan rings is 1. The maximum atomic E-state index is 5.87. The van der Waals surface area contributed by atoms with Crippen molar-refractivity contribution in [1.29, 1.82) is 0 Å². The van der Waals surface area contributed by atoms with Crippen LogP contribution in [-0.4, -0.2) is 6.10 Å². The van der Waals surface area contributed by atoms with E-state index < -0.39 is 0 Å². The average Bonchev–Trinajstić information content (AvgIpc) is 2.61. The lowest BCUT2D eigenvalue weighted by molar-refractivity contribution is 0.0220. The number of hydrogen-bond donors (Lipinski definition) is 1. The molecule has 0 bridgehead atoms. The fourth-order valence-electron chi connectivity index (χ4n) is 2.22. The Labute approximate surface area is 97.0 Å². The fourth-order valence-corrected chi connectivity index (χ4v) is 2.22. The normalized spacial score (nSPS) is 18.6. The van der Waals surface area contributed by atoms with Gasteiger partial charge < -0.3 is 14.9 Å². The maximum absolute atomic E-state index is 5.87. The van der Waals surface area contributed by atoms with Crippen molar-refractivity contribution in [2.45, 2.75) is 57.8 Å². The SMILES string of the molecule is NCc1coc(COC2CCCCCC2)c1. The molecule has 1 heterocycles. The Bertz CT molecular complexity index is 301. The molecule has 90 valence electrons. The highest BCUT2D eigenvalue weighted by Gasteiger charge is 2.13. The molecule has 1 aliphatic rings. The van der Waals surface area contributed by atoms with Crippen molar-refractivity contribution in [2.24, 2.45) is 5.73 Å². The molecule has 0 spiro atoms. The predicted molar refractivity (Wildman–Crippen MR) is 62.9 cm³/mol. The van der Waals surface area contributed by atoms with Crippen LogP contribution in [0.1, 0.15) is 49.8 Å². The van der Waals surface area contributed by atoms with E-state index in [1.165, 1.54) is 38.5 Å². The molecule has 0 amide bonds. The molecule has 0 aliphatic heterocycles. The van der Waals surface area contributed by atoms with Crippen molar-refractivity contribution in [1.82, 2.24) is 0 Å². The van der Waals surface area contributed by atoms with Crippen LogP contribution in [0.25, 0.3) is 0 Å². The van der Waals surface area contributed by atoms with Gasteiger partial charge in [-0.3, -0.25) is 0 Å². The molecule has 0 atom stereocenters. The van der Waals surface area contributed by atoms with Crippen molar-refractivity contribution < 1.29 is 9.15 Å². The molecule has 16 heavy (non-hydrogen) atoms. The van der Waals surface area contributed by atoms with Gasteiger partial charge in [-0.25, -0.2) is 0 Å². The summed E-state index contributed by atoms with van der Waals surface area (Å²) in [6.45, 7) is 1.12. The highest BCUT2D eigenvalue weighted by molar-refractivity contribution is 5.11. The molecule has 3 nitrogen and oxygen atoms in total. The molecule has 2 rings (SSSR count). The Morgan fingerprint density at radius 1 is 1.25 bits per heavy atom. The summed E-state index contributed by atoms with van der Waals surface area (Å²) < 4.78 is 11.2. The van der Waals surface area contributed by atoms with E-state index in [9.17, 15) is 0 Å². The Balaban J connectivity index is 1.77. The summed E-state index contributed by atoms with van der Waals surface area (Å²) in [6, 6.07) is 1.98. The van der Waals surface area contributed by atoms with Gasteiger partial charge in [-0.1, -0.05) is 25.7 Å². The molecular weight excluding hydrogens is 202 g/mol. The first-order chi connectivity index (χ1) is 7.88. The van der Waals surface area contributed by atoms with E-state index in [4.69, 9.17) is 14.9 Å². The first-order valence-electron chi connectivity index (χ1n) is 6.26. The van der Waals surface area contributed by atoms with Crippen molar-refractivity contribution >= 4 is 0 Å². The Kier molecular flexibility index (Phi) is 4.43. The fraction of sp³-hybridized carbons (Fsp3) is 0.692. The second kappa shape index (κ2) is 6.06. The largest absolute Gasteiger partial charge is 0.467 e. The van der Waals surface area contributed by atoms with E-state index >= 15 is 0 Å². The lowest BCUT2D eigenvalue weighted by Crippen LogP contribution is -2.11. The molecule has 1 aromatic rings. The van der Waals surface area contributed by atoms with Crippen LogP contribution in [0, 0.1) is 0 Å². The summed E-state index contributed by atoms with van der Waals surface area (Å²) in [5.74, 6) is 0.893. The second-order valence-corrected chi connectivity index (χ2v) is 4.55. The molecule has 0 radical (unpaired) electrons. The molecule has 0 saturated heterocycles. The first kappa shape index (κ1) is 11.7. The summed E-state index contributed by atoms with van der Waals surface area (Å²) in [5, 5.41) is 0. The summed E-state index contributed by atoms with van der Waals surface area (Å²) in [5.41, 5.74) is 6.56. The zero-order valence-electron chi connectivity index (χ0n) is 9.78. The van der Waals surface area contributed by atoms with E-state index in [1.54, 1.807) is 6.26 Å². The van der Waals surface area contributed by atoms with Gasteiger partial charge in [0, 0.05) is 12.1 Å². The van der Waals surface area contributed by atoms with Gasteiger partial charge in [0.25, 0.3) is 0 Å². The van der Waals surface area contributed by atoms with Gasteiger partial charge in [-0.2, -0.15) is 0 Å². The molecule has 1 aromatic heterocycles. The summed E-state index contributed by atoms with van der Waals surface area (Å²) in [6.07, 6.45) is 9.86. The van der Waals surface area contributed by atoms with Gasteiger partial charge in [-0.15, -0.1) is 0 Å². The van der Waals surface area contributed by atoms with E-state index in [0.717, 1.165) is 11.3 Å². The minimum atomic E-state index is 0.425. The standard InChI is InChI=1S/C13H21NO2/c14-8-11-7-13(15-9-11)10-16-12-5-3-1-2-4-6-12/h7,9,12H,1-6,8,10,14H2. The highest BCUT2D eigenvalue weighted by Crippen LogP contribution is 2.21. The Morgan fingerprint density at radius 3 is 2.62 bits per heavy atom. The van der Waals surface area contributed by atoms with E-state index in [2.05, 4.69) is 0 Å². The monoisotopic (exact) mass is 223 g/mol. The van der Waals surface area contributed by atoms with Crippen LogP contribution in [0.5, 0.6) is 0 Å². The molecule has 0 aromatic carbocycles. The number of nitrogens with two attached hydrogens (primary N) is 1. The number of rotatable bonds is 4. The quantitative estimate of drug-likeness (QED) is 0.798. The molecular formula is C13H21NO2. The Morgan fingerprint density at radius 2 is 2.00 bits per heavy atom. The minimum absolute atomic E-state index is 0.425. The van der Waals surface area contributed by atoms with E-state index in [1.807, 2.05) is 6.07 Å². The topological polar surface area (TPSA) is 48.4 Å². The van der Waals surface area contributed by atoms with Gasteiger partial charge in [0.15, 0.2) is 0 Å². The van der Waals surface area contributed by atoms with Crippen molar-refractivity contribution in [2.75, 3.05) is 0 Å². The highest BCUT2D eigenvalue weighted by atomic mass is 16.5. The predicted octanol–water partition coefficient (Wildman–Crippen LogP) is 2.98. The van der Waals surface area contributed by atoms with Crippen molar-refractivity contribution in [3.8, 4) is 0 Å². The third-order valence-electron chi connectivity index (χ3n) is 3.21.